The SMILES string of the molecule is C#CCn1ccnc1-c1cccs1. The van der Waals surface area contributed by atoms with E-state index in [4.69, 9.17) is 6.42 Å². The van der Waals surface area contributed by atoms with E-state index in [-0.39, 0.29) is 0 Å². The molecule has 2 rings (SSSR count). The molecule has 64 valence electrons. The standard InChI is InChI=1S/C10H8N2S/c1-2-6-12-7-5-11-10(12)9-4-3-8-13-9/h1,3-5,7-8H,6H2. The lowest BCUT2D eigenvalue weighted by molar-refractivity contribution is 0.853. The summed E-state index contributed by atoms with van der Waals surface area (Å²) in [6.45, 7) is 0.577. The molecule has 2 aromatic rings. The van der Waals surface area contributed by atoms with E-state index >= 15 is 0 Å². The van der Waals surface area contributed by atoms with Gasteiger partial charge in [-0.1, -0.05) is 12.0 Å². The Balaban J connectivity index is 2.42. The van der Waals surface area contributed by atoms with Crippen LogP contribution < -0.4 is 0 Å². The maximum Gasteiger partial charge on any atom is 0.150 e. The van der Waals surface area contributed by atoms with E-state index in [0.717, 1.165) is 10.7 Å². The van der Waals surface area contributed by atoms with E-state index in [0.29, 0.717) is 6.54 Å². The van der Waals surface area contributed by atoms with Crippen LogP contribution in [0, 0.1) is 12.3 Å². The molecular formula is C10H8N2S. The molecule has 2 heterocycles. The molecule has 0 N–H and O–H groups in total. The first-order valence-corrected chi connectivity index (χ1v) is 4.78. The molecule has 2 nitrogen and oxygen atoms in total. The van der Waals surface area contributed by atoms with Crippen molar-refractivity contribution in [3.63, 3.8) is 0 Å². The highest BCUT2D eigenvalue weighted by Gasteiger charge is 2.04. The molecule has 0 spiro atoms. The quantitative estimate of drug-likeness (QED) is 0.661. The average Bonchev–Trinajstić information content (AvgIpc) is 2.71. The van der Waals surface area contributed by atoms with Crippen LogP contribution in [0.3, 0.4) is 0 Å². The lowest BCUT2D eigenvalue weighted by Gasteiger charge is -1.99. The van der Waals surface area contributed by atoms with Crippen molar-refractivity contribution in [2.45, 2.75) is 6.54 Å². The zero-order valence-electron chi connectivity index (χ0n) is 6.97. The van der Waals surface area contributed by atoms with E-state index < -0.39 is 0 Å². The smallest absolute Gasteiger partial charge is 0.150 e. The minimum atomic E-state index is 0.577. The predicted octanol–water partition coefficient (Wildman–Crippen LogP) is 2.24. The van der Waals surface area contributed by atoms with E-state index in [9.17, 15) is 0 Å². The van der Waals surface area contributed by atoms with Gasteiger partial charge in [-0.25, -0.2) is 4.98 Å². The van der Waals surface area contributed by atoms with Crippen molar-refractivity contribution in [3.05, 3.63) is 29.9 Å². The molecule has 2 aromatic heterocycles. The van der Waals surface area contributed by atoms with E-state index in [2.05, 4.69) is 10.9 Å². The summed E-state index contributed by atoms with van der Waals surface area (Å²) in [5.41, 5.74) is 0. The Bertz CT molecular complexity index is 420. The van der Waals surface area contributed by atoms with Crippen molar-refractivity contribution in [1.29, 1.82) is 0 Å². The number of hydrogen-bond donors (Lipinski definition) is 0. The third-order valence-electron chi connectivity index (χ3n) is 1.72. The summed E-state index contributed by atoms with van der Waals surface area (Å²) >= 11 is 1.67. The third kappa shape index (κ3) is 1.49. The van der Waals surface area contributed by atoms with Gasteiger partial charge in [-0.2, -0.15) is 0 Å². The summed E-state index contributed by atoms with van der Waals surface area (Å²) in [6.07, 6.45) is 8.91. The van der Waals surface area contributed by atoms with Crippen LogP contribution in [0.2, 0.25) is 0 Å². The molecule has 0 amide bonds. The molecular weight excluding hydrogens is 180 g/mol. The molecule has 0 aliphatic carbocycles. The van der Waals surface area contributed by atoms with Crippen LogP contribution in [0.15, 0.2) is 29.9 Å². The molecule has 0 aliphatic heterocycles. The van der Waals surface area contributed by atoms with Gasteiger partial charge in [0, 0.05) is 12.4 Å². The van der Waals surface area contributed by atoms with Crippen LogP contribution in [0.25, 0.3) is 10.7 Å². The lowest BCUT2D eigenvalue weighted by atomic mass is 10.4. The summed E-state index contributed by atoms with van der Waals surface area (Å²) < 4.78 is 1.96. The van der Waals surface area contributed by atoms with E-state index in [1.165, 1.54) is 0 Å². The van der Waals surface area contributed by atoms with Crippen LogP contribution in [-0.4, -0.2) is 9.55 Å². The average molecular weight is 188 g/mol. The predicted molar refractivity (Wildman–Crippen MR) is 54.4 cm³/mol. The van der Waals surface area contributed by atoms with Crippen molar-refractivity contribution < 1.29 is 0 Å². The van der Waals surface area contributed by atoms with Crippen LogP contribution in [-0.2, 0) is 6.54 Å². The monoisotopic (exact) mass is 188 g/mol. The largest absolute Gasteiger partial charge is 0.319 e. The minimum absolute atomic E-state index is 0.577. The fraction of sp³-hybridized carbons (Fsp3) is 0.100. The van der Waals surface area contributed by atoms with Crippen molar-refractivity contribution in [1.82, 2.24) is 9.55 Å². The first-order valence-electron chi connectivity index (χ1n) is 3.90. The normalized spacial score (nSPS) is 9.77. The zero-order chi connectivity index (χ0) is 9.10. The highest BCUT2D eigenvalue weighted by molar-refractivity contribution is 7.13. The van der Waals surface area contributed by atoms with Crippen LogP contribution in [0.5, 0.6) is 0 Å². The van der Waals surface area contributed by atoms with Crippen LogP contribution in [0.1, 0.15) is 0 Å². The molecule has 0 saturated heterocycles. The first kappa shape index (κ1) is 8.09. The summed E-state index contributed by atoms with van der Waals surface area (Å²) in [5.74, 6) is 3.55. The van der Waals surface area contributed by atoms with Gasteiger partial charge < -0.3 is 4.57 Å². The Kier molecular flexibility index (Phi) is 2.15. The fourth-order valence-electron chi connectivity index (χ4n) is 1.17. The van der Waals surface area contributed by atoms with Gasteiger partial charge in [0.25, 0.3) is 0 Å². The molecule has 0 aliphatic rings. The van der Waals surface area contributed by atoms with Gasteiger partial charge in [0.15, 0.2) is 5.82 Å². The van der Waals surface area contributed by atoms with Gasteiger partial charge in [0.05, 0.1) is 11.4 Å². The summed E-state index contributed by atoms with van der Waals surface area (Å²) in [5, 5.41) is 2.03. The molecule has 0 saturated carbocycles. The van der Waals surface area contributed by atoms with Crippen LogP contribution in [0.4, 0.5) is 0 Å². The second kappa shape index (κ2) is 3.46. The Hall–Kier alpha value is -1.53. The van der Waals surface area contributed by atoms with Gasteiger partial charge in [0.1, 0.15) is 0 Å². The van der Waals surface area contributed by atoms with Crippen molar-refractivity contribution in [2.24, 2.45) is 0 Å². The zero-order valence-corrected chi connectivity index (χ0v) is 7.79. The van der Waals surface area contributed by atoms with Gasteiger partial charge in [-0.3, -0.25) is 0 Å². The molecule has 0 radical (unpaired) electrons. The molecule has 0 fully saturated rings. The number of terminal acetylenes is 1. The third-order valence-corrected chi connectivity index (χ3v) is 2.58. The van der Waals surface area contributed by atoms with E-state index in [1.54, 1.807) is 17.5 Å². The highest BCUT2D eigenvalue weighted by Crippen LogP contribution is 2.22. The molecule has 3 heteroatoms. The number of rotatable bonds is 2. The maximum absolute atomic E-state index is 5.25. The Morgan fingerprint density at radius 2 is 2.54 bits per heavy atom. The Labute approximate surface area is 80.9 Å². The van der Waals surface area contributed by atoms with Gasteiger partial charge in [-0.05, 0) is 11.4 Å². The van der Waals surface area contributed by atoms with Crippen molar-refractivity contribution in [2.75, 3.05) is 0 Å². The van der Waals surface area contributed by atoms with Gasteiger partial charge in [-0.15, -0.1) is 17.8 Å². The number of hydrogen-bond acceptors (Lipinski definition) is 2. The van der Waals surface area contributed by atoms with Crippen LogP contribution >= 0.6 is 11.3 Å². The molecule has 0 atom stereocenters. The molecule has 13 heavy (non-hydrogen) atoms. The molecule has 0 aromatic carbocycles. The molecule has 0 unspecified atom stereocenters. The Morgan fingerprint density at radius 3 is 3.23 bits per heavy atom. The van der Waals surface area contributed by atoms with E-state index in [1.807, 2.05) is 28.3 Å². The highest BCUT2D eigenvalue weighted by atomic mass is 32.1. The molecule has 0 bridgehead atoms. The lowest BCUT2D eigenvalue weighted by Crippen LogP contribution is -1.95. The minimum Gasteiger partial charge on any atom is -0.319 e. The van der Waals surface area contributed by atoms with Gasteiger partial charge >= 0.3 is 0 Å². The van der Waals surface area contributed by atoms with Gasteiger partial charge in [0.2, 0.25) is 0 Å². The second-order valence-electron chi connectivity index (χ2n) is 2.56. The number of imidazole rings is 1. The van der Waals surface area contributed by atoms with Crippen molar-refractivity contribution >= 4 is 11.3 Å². The first-order chi connectivity index (χ1) is 6.42. The number of thiophene rings is 1. The fourth-order valence-corrected chi connectivity index (χ4v) is 1.90. The summed E-state index contributed by atoms with van der Waals surface area (Å²) in [6, 6.07) is 4.05. The number of aromatic nitrogens is 2. The number of nitrogens with zero attached hydrogens (tertiary/aromatic N) is 2. The maximum atomic E-state index is 5.25. The van der Waals surface area contributed by atoms with Crippen molar-refractivity contribution in [3.8, 4) is 23.0 Å². The topological polar surface area (TPSA) is 17.8 Å². The summed E-state index contributed by atoms with van der Waals surface area (Å²) in [7, 11) is 0. The summed E-state index contributed by atoms with van der Waals surface area (Å²) in [4.78, 5) is 5.41. The Morgan fingerprint density at radius 1 is 1.62 bits per heavy atom. The second-order valence-corrected chi connectivity index (χ2v) is 3.51.